The fraction of sp³-hybridized carbons (Fsp3) is 0.556. The minimum atomic E-state index is -0.156. The molecule has 2 rings (SSSR count). The Labute approximate surface area is 143 Å². The zero-order valence-electron chi connectivity index (χ0n) is 14.5. The van der Waals surface area contributed by atoms with Gasteiger partial charge in [0.25, 0.3) is 0 Å². The van der Waals surface area contributed by atoms with Crippen molar-refractivity contribution in [1.82, 2.24) is 14.7 Å². The van der Waals surface area contributed by atoms with Crippen LogP contribution in [0.1, 0.15) is 18.9 Å². The molecule has 1 amide bonds. The predicted molar refractivity (Wildman–Crippen MR) is 92.3 cm³/mol. The van der Waals surface area contributed by atoms with Gasteiger partial charge < -0.3 is 10.0 Å². The van der Waals surface area contributed by atoms with Gasteiger partial charge in [0.2, 0.25) is 5.91 Å². The quantitative estimate of drug-likeness (QED) is 0.850. The first kappa shape index (κ1) is 18.2. The predicted octanol–water partition coefficient (Wildman–Crippen LogP) is 1.27. The first-order valence-electron chi connectivity index (χ1n) is 8.37. The maximum atomic E-state index is 12.4. The molecular formula is C18H26N4O2. The minimum absolute atomic E-state index is 0.0756. The molecule has 0 spiro atoms. The van der Waals surface area contributed by atoms with Crippen molar-refractivity contribution in [3.05, 3.63) is 29.8 Å². The number of nitriles is 1. The molecule has 0 radical (unpaired) electrons. The molecule has 0 aromatic heterocycles. The average Bonchev–Trinajstić information content (AvgIpc) is 2.59. The van der Waals surface area contributed by atoms with Crippen molar-refractivity contribution in [2.45, 2.75) is 25.9 Å². The molecule has 24 heavy (non-hydrogen) atoms. The Morgan fingerprint density at radius 1 is 1.38 bits per heavy atom. The summed E-state index contributed by atoms with van der Waals surface area (Å²) in [4.78, 5) is 18.6. The number of carbonyl (C=O) groups excluding carboxylic acids is 1. The van der Waals surface area contributed by atoms with Crippen LogP contribution in [0.2, 0.25) is 0 Å². The average molecular weight is 330 g/mol. The molecule has 1 aliphatic heterocycles. The molecule has 1 aromatic rings. The largest absolute Gasteiger partial charge is 0.508 e. The number of aromatic hydroxyl groups is 1. The van der Waals surface area contributed by atoms with Crippen LogP contribution in [0, 0.1) is 11.3 Å². The number of phenolic OH excluding ortho intramolecular Hbond substituents is 1. The van der Waals surface area contributed by atoms with E-state index in [0.29, 0.717) is 18.7 Å². The van der Waals surface area contributed by atoms with Crippen molar-refractivity contribution in [2.75, 3.05) is 39.8 Å². The van der Waals surface area contributed by atoms with Crippen molar-refractivity contribution in [3.8, 4) is 11.8 Å². The van der Waals surface area contributed by atoms with Gasteiger partial charge >= 0.3 is 0 Å². The number of hydrogen-bond acceptors (Lipinski definition) is 5. The van der Waals surface area contributed by atoms with E-state index in [2.05, 4.69) is 15.9 Å². The Bertz CT molecular complexity index is 591. The van der Waals surface area contributed by atoms with Crippen LogP contribution in [0.5, 0.6) is 5.75 Å². The number of piperazine rings is 1. The maximum absolute atomic E-state index is 12.4. The number of phenols is 1. The normalized spacial score (nSPS) is 17.2. The molecule has 0 bridgehead atoms. The van der Waals surface area contributed by atoms with Gasteiger partial charge in [0.1, 0.15) is 5.75 Å². The van der Waals surface area contributed by atoms with Crippen molar-refractivity contribution in [1.29, 1.82) is 5.26 Å². The number of carbonyl (C=O) groups is 1. The second-order valence-corrected chi connectivity index (χ2v) is 6.33. The van der Waals surface area contributed by atoms with Crippen LogP contribution in [0.25, 0.3) is 0 Å². The molecule has 130 valence electrons. The Balaban J connectivity index is 1.81. The minimum Gasteiger partial charge on any atom is -0.508 e. The van der Waals surface area contributed by atoms with Crippen LogP contribution in [-0.4, -0.2) is 71.5 Å². The number of likely N-dealkylation sites (N-methyl/N-ethyl adjacent to an activating group) is 1. The van der Waals surface area contributed by atoms with E-state index in [1.165, 1.54) is 0 Å². The first-order valence-corrected chi connectivity index (χ1v) is 8.37. The number of nitrogens with zero attached hydrogens (tertiary/aromatic N) is 4. The van der Waals surface area contributed by atoms with Crippen LogP contribution >= 0.6 is 0 Å². The lowest BCUT2D eigenvalue weighted by atomic mass is 10.1. The van der Waals surface area contributed by atoms with Crippen LogP contribution in [0.4, 0.5) is 0 Å². The second kappa shape index (κ2) is 8.67. The van der Waals surface area contributed by atoms with Gasteiger partial charge in [-0.15, -0.1) is 0 Å². The van der Waals surface area contributed by atoms with Crippen molar-refractivity contribution in [3.63, 3.8) is 0 Å². The summed E-state index contributed by atoms with van der Waals surface area (Å²) in [5.41, 5.74) is 1.10. The third-order valence-corrected chi connectivity index (χ3v) is 4.56. The van der Waals surface area contributed by atoms with Gasteiger partial charge in [-0.05, 0) is 24.6 Å². The van der Waals surface area contributed by atoms with Crippen molar-refractivity contribution in [2.24, 2.45) is 0 Å². The molecule has 1 aromatic carbocycles. The molecule has 1 saturated heterocycles. The standard InChI is InChI=1S/C18H26N4O2/c1-15(18(24)20(2)8-4-7-19)22-11-9-21(10-12-22)14-16-5-3-6-17(23)13-16/h3,5-6,13,15,23H,4,8-12,14H2,1-2H3. The summed E-state index contributed by atoms with van der Waals surface area (Å²) in [6.45, 7) is 6.72. The lowest BCUT2D eigenvalue weighted by molar-refractivity contribution is -0.135. The fourth-order valence-corrected chi connectivity index (χ4v) is 3.02. The molecular weight excluding hydrogens is 304 g/mol. The second-order valence-electron chi connectivity index (χ2n) is 6.33. The molecule has 0 aliphatic carbocycles. The van der Waals surface area contributed by atoms with E-state index in [0.717, 1.165) is 38.3 Å². The van der Waals surface area contributed by atoms with Crippen LogP contribution in [0.3, 0.4) is 0 Å². The molecule has 6 heteroatoms. The van der Waals surface area contributed by atoms with E-state index < -0.39 is 0 Å². The van der Waals surface area contributed by atoms with Crippen LogP contribution in [0.15, 0.2) is 24.3 Å². The van der Waals surface area contributed by atoms with Gasteiger partial charge in [0.05, 0.1) is 18.5 Å². The lowest BCUT2D eigenvalue weighted by Crippen LogP contribution is -2.53. The van der Waals surface area contributed by atoms with Crippen molar-refractivity contribution < 1.29 is 9.90 Å². The van der Waals surface area contributed by atoms with E-state index in [4.69, 9.17) is 5.26 Å². The Morgan fingerprint density at radius 3 is 2.71 bits per heavy atom. The van der Waals surface area contributed by atoms with Gasteiger partial charge in [0, 0.05) is 46.3 Å². The molecule has 1 atom stereocenters. The van der Waals surface area contributed by atoms with Gasteiger partial charge in [-0.3, -0.25) is 14.6 Å². The highest BCUT2D eigenvalue weighted by atomic mass is 16.3. The van der Waals surface area contributed by atoms with E-state index in [9.17, 15) is 9.90 Å². The van der Waals surface area contributed by atoms with Gasteiger partial charge in [-0.25, -0.2) is 0 Å². The molecule has 1 fully saturated rings. The van der Waals surface area contributed by atoms with E-state index in [1.807, 2.05) is 19.1 Å². The third kappa shape index (κ3) is 4.95. The van der Waals surface area contributed by atoms with Gasteiger partial charge in [-0.2, -0.15) is 5.26 Å². The van der Waals surface area contributed by atoms with Gasteiger partial charge in [0.15, 0.2) is 0 Å². The molecule has 1 aliphatic rings. The van der Waals surface area contributed by atoms with E-state index >= 15 is 0 Å². The zero-order valence-corrected chi connectivity index (χ0v) is 14.5. The van der Waals surface area contributed by atoms with Crippen LogP contribution < -0.4 is 0 Å². The Hall–Kier alpha value is -2.10. The summed E-state index contributed by atoms with van der Waals surface area (Å²) in [6, 6.07) is 9.27. The van der Waals surface area contributed by atoms with Gasteiger partial charge in [-0.1, -0.05) is 12.1 Å². The number of rotatable bonds is 6. The summed E-state index contributed by atoms with van der Waals surface area (Å²) >= 11 is 0. The summed E-state index contributed by atoms with van der Waals surface area (Å²) < 4.78 is 0. The topological polar surface area (TPSA) is 70.8 Å². The number of amides is 1. The number of benzene rings is 1. The van der Waals surface area contributed by atoms with Crippen molar-refractivity contribution >= 4 is 5.91 Å². The molecule has 6 nitrogen and oxygen atoms in total. The summed E-state index contributed by atoms with van der Waals surface area (Å²) in [5, 5.41) is 18.2. The third-order valence-electron chi connectivity index (χ3n) is 4.56. The fourth-order valence-electron chi connectivity index (χ4n) is 3.02. The Morgan fingerprint density at radius 2 is 2.08 bits per heavy atom. The lowest BCUT2D eigenvalue weighted by Gasteiger charge is -2.38. The van der Waals surface area contributed by atoms with E-state index in [-0.39, 0.29) is 11.9 Å². The maximum Gasteiger partial charge on any atom is 0.239 e. The molecule has 0 saturated carbocycles. The number of hydrogen-bond donors (Lipinski definition) is 1. The first-order chi connectivity index (χ1) is 11.5. The summed E-state index contributed by atoms with van der Waals surface area (Å²) in [6.07, 6.45) is 0.368. The monoisotopic (exact) mass is 330 g/mol. The molecule has 1 heterocycles. The smallest absolute Gasteiger partial charge is 0.239 e. The highest BCUT2D eigenvalue weighted by Gasteiger charge is 2.27. The van der Waals surface area contributed by atoms with E-state index in [1.54, 1.807) is 24.1 Å². The summed E-state index contributed by atoms with van der Waals surface area (Å²) in [5.74, 6) is 0.373. The molecule has 1 unspecified atom stereocenters. The Kier molecular flexibility index (Phi) is 6.59. The summed E-state index contributed by atoms with van der Waals surface area (Å²) in [7, 11) is 1.76. The SMILES string of the molecule is CC(C(=O)N(C)CCC#N)N1CCN(Cc2cccc(O)c2)CC1. The molecule has 1 N–H and O–H groups in total. The van der Waals surface area contributed by atoms with Crippen LogP contribution in [-0.2, 0) is 11.3 Å². The highest BCUT2D eigenvalue weighted by molar-refractivity contribution is 5.81. The highest BCUT2D eigenvalue weighted by Crippen LogP contribution is 2.15. The zero-order chi connectivity index (χ0) is 17.5.